The highest BCUT2D eigenvalue weighted by molar-refractivity contribution is 7.12. The maximum absolute atomic E-state index is 12.8. The van der Waals surface area contributed by atoms with Crippen molar-refractivity contribution in [1.82, 2.24) is 19.4 Å². The summed E-state index contributed by atoms with van der Waals surface area (Å²) < 4.78 is 40.2. The molecular weight excluding hydrogens is 427 g/mol. The van der Waals surface area contributed by atoms with Gasteiger partial charge < -0.3 is 15.5 Å². The zero-order valence-corrected chi connectivity index (χ0v) is 16.8. The fraction of sp³-hybridized carbons (Fsp3) is 0.200. The van der Waals surface area contributed by atoms with E-state index in [9.17, 15) is 13.2 Å². The second-order valence-corrected chi connectivity index (χ2v) is 7.76. The SMILES string of the molecule is N#Cc1sc(CCCNc2nc(-c3ccc(C(F)(F)F)cc3)cn3ccnc23)nc1N. The number of nitrogens with one attached hydrogen (secondary N) is 1. The van der Waals surface area contributed by atoms with Crippen LogP contribution in [0.15, 0.2) is 42.9 Å². The predicted octanol–water partition coefficient (Wildman–Crippen LogP) is 4.37. The fourth-order valence-corrected chi connectivity index (χ4v) is 3.85. The maximum Gasteiger partial charge on any atom is 0.416 e. The molecule has 158 valence electrons. The number of fused-ring (bicyclic) bond motifs is 1. The van der Waals surface area contributed by atoms with Crippen LogP contribution in [-0.4, -0.2) is 25.9 Å². The van der Waals surface area contributed by atoms with E-state index in [0.29, 0.717) is 40.6 Å². The molecule has 3 N–H and O–H groups in total. The lowest BCUT2D eigenvalue weighted by molar-refractivity contribution is -0.137. The minimum Gasteiger partial charge on any atom is -0.382 e. The van der Waals surface area contributed by atoms with E-state index in [4.69, 9.17) is 11.0 Å². The van der Waals surface area contributed by atoms with Gasteiger partial charge >= 0.3 is 6.18 Å². The lowest BCUT2D eigenvalue weighted by Crippen LogP contribution is -2.08. The summed E-state index contributed by atoms with van der Waals surface area (Å²) in [4.78, 5) is 13.4. The molecule has 3 heterocycles. The first-order valence-corrected chi connectivity index (χ1v) is 10.1. The molecule has 0 fully saturated rings. The monoisotopic (exact) mass is 443 g/mol. The Bertz CT molecular complexity index is 1250. The second-order valence-electron chi connectivity index (χ2n) is 6.67. The van der Waals surface area contributed by atoms with E-state index in [1.165, 1.54) is 23.5 Å². The Balaban J connectivity index is 1.50. The summed E-state index contributed by atoms with van der Waals surface area (Å²) in [5.74, 6) is 0.777. The van der Waals surface area contributed by atoms with Gasteiger partial charge in [-0.05, 0) is 18.6 Å². The van der Waals surface area contributed by atoms with Crippen LogP contribution >= 0.6 is 11.3 Å². The molecule has 1 aromatic carbocycles. The number of anilines is 2. The van der Waals surface area contributed by atoms with E-state index in [-0.39, 0.29) is 5.82 Å². The standard InChI is InChI=1S/C20H16F3N7S/c21-20(22,23)13-5-3-12(4-6-13)14-11-30-9-8-27-19(30)18(28-14)26-7-1-2-16-29-17(25)15(10-24)31-16/h3-6,8-9,11H,1-2,7,25H2,(H,26,28). The number of thiazole rings is 1. The summed E-state index contributed by atoms with van der Waals surface area (Å²) in [6.45, 7) is 0.563. The molecule has 4 aromatic rings. The van der Waals surface area contributed by atoms with Crippen molar-refractivity contribution in [3.05, 3.63) is 58.3 Å². The number of halogens is 3. The zero-order chi connectivity index (χ0) is 22.0. The van der Waals surface area contributed by atoms with Crippen molar-refractivity contribution in [3.63, 3.8) is 0 Å². The van der Waals surface area contributed by atoms with Gasteiger partial charge in [0.25, 0.3) is 0 Å². The molecule has 0 atom stereocenters. The van der Waals surface area contributed by atoms with E-state index >= 15 is 0 Å². The summed E-state index contributed by atoms with van der Waals surface area (Å²) in [6, 6.07) is 6.89. The van der Waals surface area contributed by atoms with E-state index in [1.54, 1.807) is 23.0 Å². The first kappa shape index (κ1) is 20.6. The number of aryl methyl sites for hydroxylation is 1. The Kier molecular flexibility index (Phi) is 5.48. The van der Waals surface area contributed by atoms with Crippen molar-refractivity contribution in [2.24, 2.45) is 0 Å². The number of hydrogen-bond acceptors (Lipinski definition) is 7. The Morgan fingerprint density at radius 3 is 2.65 bits per heavy atom. The number of benzene rings is 1. The highest BCUT2D eigenvalue weighted by Gasteiger charge is 2.30. The van der Waals surface area contributed by atoms with Crippen molar-refractivity contribution in [2.45, 2.75) is 19.0 Å². The number of alkyl halides is 3. The van der Waals surface area contributed by atoms with Gasteiger partial charge in [-0.2, -0.15) is 18.4 Å². The summed E-state index contributed by atoms with van der Waals surface area (Å²) in [5, 5.41) is 13.0. The Labute approximate surface area is 179 Å². The second kappa shape index (κ2) is 8.23. The van der Waals surface area contributed by atoms with Gasteiger partial charge in [0.15, 0.2) is 17.3 Å². The quantitative estimate of drug-likeness (QED) is 0.429. The van der Waals surface area contributed by atoms with Crippen LogP contribution in [0.5, 0.6) is 0 Å². The number of rotatable bonds is 6. The Morgan fingerprint density at radius 2 is 1.97 bits per heavy atom. The van der Waals surface area contributed by atoms with Crippen LogP contribution < -0.4 is 11.1 Å². The number of nitriles is 1. The third-order valence-electron chi connectivity index (χ3n) is 4.54. The van der Waals surface area contributed by atoms with Crippen molar-refractivity contribution >= 4 is 28.6 Å². The summed E-state index contributed by atoms with van der Waals surface area (Å²) in [5.41, 5.74) is 6.67. The molecular formula is C20H16F3N7S. The zero-order valence-electron chi connectivity index (χ0n) is 16.0. The van der Waals surface area contributed by atoms with E-state index < -0.39 is 11.7 Å². The molecule has 0 unspecified atom stereocenters. The van der Waals surface area contributed by atoms with Crippen molar-refractivity contribution in [3.8, 4) is 17.3 Å². The van der Waals surface area contributed by atoms with Gasteiger partial charge in [0.05, 0.1) is 16.3 Å². The molecule has 7 nitrogen and oxygen atoms in total. The molecule has 0 aliphatic carbocycles. The number of nitrogen functional groups attached to an aromatic ring is 1. The molecule has 11 heteroatoms. The average molecular weight is 443 g/mol. The number of hydrogen-bond donors (Lipinski definition) is 2. The first-order chi connectivity index (χ1) is 14.8. The van der Waals surface area contributed by atoms with Crippen LogP contribution in [0.4, 0.5) is 24.8 Å². The van der Waals surface area contributed by atoms with Crippen LogP contribution in [0.1, 0.15) is 21.9 Å². The van der Waals surface area contributed by atoms with Crippen molar-refractivity contribution in [2.75, 3.05) is 17.6 Å². The number of aromatic nitrogens is 4. The van der Waals surface area contributed by atoms with Gasteiger partial charge in [-0.25, -0.2) is 15.0 Å². The highest BCUT2D eigenvalue weighted by Crippen LogP contribution is 2.31. The molecule has 0 saturated carbocycles. The molecule has 31 heavy (non-hydrogen) atoms. The normalized spacial score (nSPS) is 11.5. The number of nitrogens with zero attached hydrogens (tertiary/aromatic N) is 5. The number of imidazole rings is 1. The fourth-order valence-electron chi connectivity index (χ4n) is 3.03. The van der Waals surface area contributed by atoms with Gasteiger partial charge in [0, 0.05) is 37.1 Å². The van der Waals surface area contributed by atoms with Crippen LogP contribution in [0.25, 0.3) is 16.9 Å². The van der Waals surface area contributed by atoms with E-state index in [0.717, 1.165) is 23.6 Å². The molecule has 4 rings (SSSR count). The van der Waals surface area contributed by atoms with Crippen molar-refractivity contribution in [1.29, 1.82) is 5.26 Å². The molecule has 3 aromatic heterocycles. The lowest BCUT2D eigenvalue weighted by atomic mass is 10.1. The van der Waals surface area contributed by atoms with Crippen LogP contribution in [-0.2, 0) is 12.6 Å². The maximum atomic E-state index is 12.8. The summed E-state index contributed by atoms with van der Waals surface area (Å²) in [6.07, 6.45) is 2.07. The van der Waals surface area contributed by atoms with Crippen LogP contribution in [0, 0.1) is 11.3 Å². The molecule has 0 aliphatic rings. The van der Waals surface area contributed by atoms with Gasteiger partial charge in [-0.1, -0.05) is 12.1 Å². The Hall–Kier alpha value is -3.65. The molecule has 0 saturated heterocycles. The highest BCUT2D eigenvalue weighted by atomic mass is 32.1. The lowest BCUT2D eigenvalue weighted by Gasteiger charge is -2.11. The number of nitrogens with two attached hydrogens (primary N) is 1. The molecule has 0 amide bonds. The average Bonchev–Trinajstić information content (AvgIpc) is 3.36. The smallest absolute Gasteiger partial charge is 0.382 e. The van der Waals surface area contributed by atoms with Gasteiger partial charge in [-0.15, -0.1) is 11.3 Å². The minimum atomic E-state index is -4.39. The first-order valence-electron chi connectivity index (χ1n) is 9.25. The van der Waals surface area contributed by atoms with E-state index in [1.807, 2.05) is 6.07 Å². The van der Waals surface area contributed by atoms with Gasteiger partial charge in [0.1, 0.15) is 10.9 Å². The van der Waals surface area contributed by atoms with E-state index in [2.05, 4.69) is 20.3 Å². The third kappa shape index (κ3) is 4.44. The molecule has 0 aliphatic heterocycles. The third-order valence-corrected chi connectivity index (χ3v) is 5.58. The van der Waals surface area contributed by atoms with Gasteiger partial charge in [0.2, 0.25) is 0 Å². The molecule has 0 radical (unpaired) electrons. The molecule has 0 spiro atoms. The predicted molar refractivity (Wildman–Crippen MR) is 111 cm³/mol. The van der Waals surface area contributed by atoms with Gasteiger partial charge in [-0.3, -0.25) is 0 Å². The van der Waals surface area contributed by atoms with Crippen molar-refractivity contribution < 1.29 is 13.2 Å². The van der Waals surface area contributed by atoms with Crippen LogP contribution in [0.3, 0.4) is 0 Å². The van der Waals surface area contributed by atoms with Crippen LogP contribution in [0.2, 0.25) is 0 Å². The summed E-state index contributed by atoms with van der Waals surface area (Å²) in [7, 11) is 0. The topological polar surface area (TPSA) is 105 Å². The minimum absolute atomic E-state index is 0.250. The Morgan fingerprint density at radius 1 is 1.19 bits per heavy atom. The summed E-state index contributed by atoms with van der Waals surface area (Å²) >= 11 is 1.28. The molecule has 0 bridgehead atoms. The largest absolute Gasteiger partial charge is 0.416 e.